The fourth-order valence-corrected chi connectivity index (χ4v) is 6.69. The molecule has 2 saturated carbocycles. The lowest BCUT2D eigenvalue weighted by atomic mass is 9.52. The molecule has 2 aromatic carbocycles. The number of aliphatic hydroxyl groups is 1. The highest BCUT2D eigenvalue weighted by Gasteiger charge is 2.69. The van der Waals surface area contributed by atoms with Gasteiger partial charge in [0.1, 0.15) is 5.75 Å². The van der Waals surface area contributed by atoms with Crippen LogP contribution in [0.15, 0.2) is 36.4 Å². The molecule has 0 spiro atoms. The molecule has 0 saturated heterocycles. The van der Waals surface area contributed by atoms with E-state index in [1.807, 2.05) is 31.2 Å². The quantitative estimate of drug-likeness (QED) is 0.520. The van der Waals surface area contributed by atoms with Crippen LogP contribution in [-0.4, -0.2) is 69.9 Å². The van der Waals surface area contributed by atoms with Crippen molar-refractivity contribution in [3.8, 4) is 16.9 Å². The van der Waals surface area contributed by atoms with Crippen molar-refractivity contribution in [2.45, 2.75) is 31.4 Å². The Morgan fingerprint density at radius 2 is 1.78 bits per heavy atom. The Morgan fingerprint density at radius 3 is 2.41 bits per heavy atom. The number of phenols is 1. The molecule has 192 valence electrons. The minimum Gasteiger partial charge on any atom is -0.507 e. The number of ketones is 4. The lowest BCUT2D eigenvalue weighted by molar-refractivity contribution is -0.181. The summed E-state index contributed by atoms with van der Waals surface area (Å²) in [5, 5.41) is 22.3. The molecule has 2 aromatic rings. The number of aryl methyl sites for hydroxylation is 1. The molecule has 0 aromatic heterocycles. The molecule has 6 atom stereocenters. The van der Waals surface area contributed by atoms with Crippen molar-refractivity contribution >= 4 is 29.0 Å². The molecule has 37 heavy (non-hydrogen) atoms. The van der Waals surface area contributed by atoms with Crippen LogP contribution in [0.5, 0.6) is 5.75 Å². The van der Waals surface area contributed by atoms with Gasteiger partial charge in [-0.05, 0) is 62.5 Å². The first kappa shape index (κ1) is 25.0. The second-order valence-electron chi connectivity index (χ2n) is 10.6. The number of nitrogens with two attached hydrogens (primary N) is 1. The van der Waals surface area contributed by atoms with Crippen LogP contribution in [0.2, 0.25) is 0 Å². The number of likely N-dealkylation sites (N-methyl/N-ethyl adjacent to an activating group) is 1. The highest BCUT2D eigenvalue weighted by molar-refractivity contribution is 6.32. The standard InChI is InChI=1S/C28H28N2O7/c1-12-5-4-6-13(9-12)15-7-8-18(31)20-16(15)10-14-11-17-22(30(2)3)24(33)21(27(29)36)26(35)28(17,37)25(34)19(14)23(20)32/h4-9,14,17,19,21-22,31,37H,10-11H2,1-3H3,(H2,29,36)/t14?,17?,19?,21?,22-,28-/m0/s1. The normalized spacial score (nSPS) is 31.1. The van der Waals surface area contributed by atoms with Gasteiger partial charge in [-0.15, -0.1) is 0 Å². The molecule has 5 rings (SSSR count). The molecule has 0 radical (unpaired) electrons. The van der Waals surface area contributed by atoms with Gasteiger partial charge in [-0.25, -0.2) is 0 Å². The summed E-state index contributed by atoms with van der Waals surface area (Å²) >= 11 is 0. The molecule has 3 aliphatic carbocycles. The summed E-state index contributed by atoms with van der Waals surface area (Å²) in [4.78, 5) is 67.6. The van der Waals surface area contributed by atoms with Gasteiger partial charge in [0.15, 0.2) is 34.7 Å². The number of amides is 1. The second-order valence-corrected chi connectivity index (χ2v) is 10.6. The Hall–Kier alpha value is -3.69. The van der Waals surface area contributed by atoms with E-state index in [0.717, 1.165) is 16.7 Å². The fraction of sp³-hybridized carbons (Fsp3) is 0.393. The monoisotopic (exact) mass is 504 g/mol. The van der Waals surface area contributed by atoms with Crippen molar-refractivity contribution < 1.29 is 34.2 Å². The number of nitrogens with zero attached hydrogens (tertiary/aromatic N) is 1. The summed E-state index contributed by atoms with van der Waals surface area (Å²) < 4.78 is 0. The van der Waals surface area contributed by atoms with E-state index in [1.54, 1.807) is 20.2 Å². The van der Waals surface area contributed by atoms with E-state index in [-0.39, 0.29) is 24.2 Å². The zero-order valence-electron chi connectivity index (χ0n) is 20.7. The minimum atomic E-state index is -2.72. The molecule has 0 aliphatic heterocycles. The van der Waals surface area contributed by atoms with Gasteiger partial charge in [-0.1, -0.05) is 35.9 Å². The average Bonchev–Trinajstić information content (AvgIpc) is 2.81. The fourth-order valence-electron chi connectivity index (χ4n) is 6.69. The number of benzene rings is 2. The Labute approximate surface area is 213 Å². The Kier molecular flexibility index (Phi) is 5.69. The highest BCUT2D eigenvalue weighted by Crippen LogP contribution is 2.51. The molecular formula is C28H28N2O7. The topological polar surface area (TPSA) is 155 Å². The number of aromatic hydroxyl groups is 1. The number of rotatable bonds is 3. The maximum Gasteiger partial charge on any atom is 0.235 e. The van der Waals surface area contributed by atoms with Crippen LogP contribution in [0.25, 0.3) is 11.1 Å². The van der Waals surface area contributed by atoms with Gasteiger partial charge in [0.25, 0.3) is 0 Å². The van der Waals surface area contributed by atoms with Crippen LogP contribution in [0.1, 0.15) is 27.9 Å². The molecule has 0 heterocycles. The smallest absolute Gasteiger partial charge is 0.235 e. The lowest BCUT2D eigenvalue weighted by Gasteiger charge is -2.52. The van der Waals surface area contributed by atoms with Crippen molar-refractivity contribution in [3.05, 3.63) is 53.1 Å². The summed E-state index contributed by atoms with van der Waals surface area (Å²) in [6.45, 7) is 1.94. The SMILES string of the molecule is Cc1cccc(-c2ccc(O)c3c2CC2CC4[C@H](N(C)C)C(=O)C(C(N)=O)C(=O)[C@@]4(O)C(=O)C2C3=O)c1. The molecule has 1 amide bonds. The van der Waals surface area contributed by atoms with E-state index >= 15 is 0 Å². The number of carbonyl (C=O) groups is 5. The van der Waals surface area contributed by atoms with Crippen LogP contribution < -0.4 is 5.73 Å². The number of fused-ring (bicyclic) bond motifs is 3. The van der Waals surface area contributed by atoms with Crippen molar-refractivity contribution in [1.82, 2.24) is 4.90 Å². The van der Waals surface area contributed by atoms with Crippen LogP contribution in [0, 0.1) is 30.6 Å². The molecule has 2 fully saturated rings. The number of hydrogen-bond donors (Lipinski definition) is 3. The number of phenolic OH excluding ortho intramolecular Hbond substituents is 1. The Bertz CT molecular complexity index is 1400. The third kappa shape index (κ3) is 3.41. The maximum absolute atomic E-state index is 13.8. The first-order valence-electron chi connectivity index (χ1n) is 12.2. The first-order chi connectivity index (χ1) is 17.4. The van der Waals surface area contributed by atoms with Gasteiger partial charge in [-0.2, -0.15) is 0 Å². The van der Waals surface area contributed by atoms with E-state index in [4.69, 9.17) is 5.73 Å². The maximum atomic E-state index is 13.8. The van der Waals surface area contributed by atoms with E-state index in [2.05, 4.69) is 0 Å². The van der Waals surface area contributed by atoms with Gasteiger partial charge in [-0.3, -0.25) is 28.9 Å². The zero-order chi connectivity index (χ0) is 27.0. The molecular weight excluding hydrogens is 476 g/mol. The molecule has 4 unspecified atom stereocenters. The molecule has 9 nitrogen and oxygen atoms in total. The van der Waals surface area contributed by atoms with E-state index in [9.17, 15) is 34.2 Å². The first-order valence-corrected chi connectivity index (χ1v) is 12.2. The Morgan fingerprint density at radius 1 is 1.08 bits per heavy atom. The van der Waals surface area contributed by atoms with Crippen LogP contribution >= 0.6 is 0 Å². The van der Waals surface area contributed by atoms with Gasteiger partial charge in [0.05, 0.1) is 17.5 Å². The van der Waals surface area contributed by atoms with Crippen molar-refractivity contribution in [3.63, 3.8) is 0 Å². The summed E-state index contributed by atoms with van der Waals surface area (Å²) in [6, 6.07) is 9.68. The van der Waals surface area contributed by atoms with E-state index in [1.165, 1.54) is 11.0 Å². The van der Waals surface area contributed by atoms with Gasteiger partial charge in [0.2, 0.25) is 5.91 Å². The highest BCUT2D eigenvalue weighted by atomic mass is 16.3. The van der Waals surface area contributed by atoms with Crippen molar-refractivity contribution in [2.75, 3.05) is 14.1 Å². The molecule has 9 heteroatoms. The summed E-state index contributed by atoms with van der Waals surface area (Å²) in [5.74, 6) is -10.4. The Balaban J connectivity index is 1.67. The summed E-state index contributed by atoms with van der Waals surface area (Å²) in [6.07, 6.45) is 0.246. The van der Waals surface area contributed by atoms with E-state index in [0.29, 0.717) is 5.56 Å². The second kappa shape index (κ2) is 8.43. The predicted octanol–water partition coefficient (Wildman–Crippen LogP) is 0.842. The van der Waals surface area contributed by atoms with E-state index < -0.39 is 64.4 Å². The van der Waals surface area contributed by atoms with Gasteiger partial charge >= 0.3 is 0 Å². The largest absolute Gasteiger partial charge is 0.507 e. The number of carbonyl (C=O) groups excluding carboxylic acids is 5. The third-order valence-corrected chi connectivity index (χ3v) is 8.27. The van der Waals surface area contributed by atoms with Crippen molar-refractivity contribution in [1.29, 1.82) is 0 Å². The number of primary amides is 1. The minimum absolute atomic E-state index is 0.00870. The summed E-state index contributed by atoms with van der Waals surface area (Å²) in [7, 11) is 3.12. The third-order valence-electron chi connectivity index (χ3n) is 8.27. The number of hydrogen-bond acceptors (Lipinski definition) is 8. The molecule has 0 bridgehead atoms. The molecule has 3 aliphatic rings. The van der Waals surface area contributed by atoms with Crippen molar-refractivity contribution in [2.24, 2.45) is 29.4 Å². The zero-order valence-corrected chi connectivity index (χ0v) is 20.7. The van der Waals surface area contributed by atoms with Crippen LogP contribution in [0.3, 0.4) is 0 Å². The average molecular weight is 505 g/mol. The number of Topliss-reactive ketones (excluding diaryl/α,β-unsaturated/α-hetero) is 4. The van der Waals surface area contributed by atoms with Crippen LogP contribution in [0.4, 0.5) is 0 Å². The van der Waals surface area contributed by atoms with Crippen LogP contribution in [-0.2, 0) is 25.6 Å². The summed E-state index contributed by atoms with van der Waals surface area (Å²) in [5.41, 5.74) is 5.79. The molecule has 4 N–H and O–H groups in total. The van der Waals surface area contributed by atoms with Gasteiger partial charge < -0.3 is 15.9 Å². The lowest BCUT2D eigenvalue weighted by Crippen LogP contribution is -2.74. The predicted molar refractivity (Wildman–Crippen MR) is 132 cm³/mol. The van der Waals surface area contributed by atoms with Gasteiger partial charge in [0, 0.05) is 5.92 Å².